The highest BCUT2D eigenvalue weighted by atomic mass is 16.6. The summed E-state index contributed by atoms with van der Waals surface area (Å²) >= 11 is 0. The molecule has 2 aromatic rings. The second-order valence-corrected chi connectivity index (χ2v) is 5.95. The molecular weight excluding hydrogens is 322 g/mol. The summed E-state index contributed by atoms with van der Waals surface area (Å²) in [7, 11) is 0. The molecule has 128 valence electrons. The molecule has 25 heavy (non-hydrogen) atoms. The summed E-state index contributed by atoms with van der Waals surface area (Å²) in [6.45, 7) is 3.38. The van der Waals surface area contributed by atoms with Crippen LogP contribution in [-0.4, -0.2) is 31.0 Å². The molecule has 0 radical (unpaired) electrons. The van der Waals surface area contributed by atoms with Crippen molar-refractivity contribution in [1.82, 2.24) is 0 Å². The number of hydroxylamine groups is 2. The molecule has 0 amide bonds. The van der Waals surface area contributed by atoms with E-state index in [-0.39, 0.29) is 5.69 Å². The SMILES string of the molecule is CCC1=[N+]([O-])[C@@](C)(c2cccc([N+](=O)[O-])c2)[N+](O)=C1c1ccccc1. The Kier molecular flexibility index (Phi) is 4.00. The van der Waals surface area contributed by atoms with E-state index < -0.39 is 10.6 Å². The van der Waals surface area contributed by atoms with Crippen molar-refractivity contribution < 1.29 is 19.6 Å². The summed E-state index contributed by atoms with van der Waals surface area (Å²) < 4.78 is 1.64. The molecule has 1 aliphatic rings. The van der Waals surface area contributed by atoms with Crippen LogP contribution in [0, 0.1) is 15.3 Å². The zero-order valence-corrected chi connectivity index (χ0v) is 13.9. The molecule has 7 nitrogen and oxygen atoms in total. The van der Waals surface area contributed by atoms with Gasteiger partial charge in [-0.05, 0) is 18.2 Å². The van der Waals surface area contributed by atoms with Crippen molar-refractivity contribution in [3.63, 3.8) is 0 Å². The van der Waals surface area contributed by atoms with Gasteiger partial charge in [0.2, 0.25) is 0 Å². The Morgan fingerprint density at radius 2 is 1.84 bits per heavy atom. The van der Waals surface area contributed by atoms with Crippen LogP contribution in [0.3, 0.4) is 0 Å². The zero-order chi connectivity index (χ0) is 18.2. The molecule has 1 aliphatic heterocycles. The molecule has 0 saturated carbocycles. The first-order valence-corrected chi connectivity index (χ1v) is 7.91. The fourth-order valence-corrected chi connectivity index (χ4v) is 3.13. The van der Waals surface area contributed by atoms with Crippen molar-refractivity contribution in [3.8, 4) is 0 Å². The van der Waals surface area contributed by atoms with Crippen LogP contribution in [0.15, 0.2) is 54.6 Å². The minimum Gasteiger partial charge on any atom is -0.618 e. The summed E-state index contributed by atoms with van der Waals surface area (Å²) in [5.41, 5.74) is 0.261. The van der Waals surface area contributed by atoms with Gasteiger partial charge in [-0.15, -0.1) is 4.74 Å². The van der Waals surface area contributed by atoms with Crippen molar-refractivity contribution in [3.05, 3.63) is 81.0 Å². The smallest absolute Gasteiger partial charge is 0.431 e. The van der Waals surface area contributed by atoms with Crippen LogP contribution in [0.1, 0.15) is 31.4 Å². The fraction of sp³-hybridized carbons (Fsp3) is 0.222. The molecule has 0 saturated heterocycles. The number of hydrogen-bond donors (Lipinski definition) is 1. The Hall–Kier alpha value is -3.22. The molecule has 1 heterocycles. The van der Waals surface area contributed by atoms with Crippen molar-refractivity contribution >= 4 is 17.1 Å². The molecule has 3 rings (SSSR count). The van der Waals surface area contributed by atoms with Gasteiger partial charge in [-0.2, -0.15) is 0 Å². The van der Waals surface area contributed by atoms with E-state index in [1.165, 1.54) is 18.2 Å². The zero-order valence-electron chi connectivity index (χ0n) is 13.9. The molecule has 0 aromatic heterocycles. The highest BCUT2D eigenvalue weighted by Gasteiger charge is 2.59. The number of hydrogen-bond acceptors (Lipinski definition) is 4. The van der Waals surface area contributed by atoms with Crippen molar-refractivity contribution in [1.29, 1.82) is 0 Å². The molecule has 2 aromatic carbocycles. The van der Waals surface area contributed by atoms with E-state index in [4.69, 9.17) is 0 Å². The first kappa shape index (κ1) is 16.6. The van der Waals surface area contributed by atoms with E-state index in [0.717, 1.165) is 9.48 Å². The quantitative estimate of drug-likeness (QED) is 0.304. The summed E-state index contributed by atoms with van der Waals surface area (Å²) in [6, 6.07) is 14.9. The Balaban J connectivity index is 2.25. The maximum atomic E-state index is 13.0. The summed E-state index contributed by atoms with van der Waals surface area (Å²) in [5.74, 6) is 0. The van der Waals surface area contributed by atoms with E-state index in [1.54, 1.807) is 25.1 Å². The number of benzene rings is 2. The van der Waals surface area contributed by atoms with E-state index in [1.807, 2.05) is 25.1 Å². The van der Waals surface area contributed by atoms with Crippen LogP contribution in [-0.2, 0) is 5.66 Å². The van der Waals surface area contributed by atoms with Gasteiger partial charge in [0, 0.05) is 18.6 Å². The Bertz CT molecular complexity index is 906. The lowest BCUT2D eigenvalue weighted by Gasteiger charge is -2.17. The van der Waals surface area contributed by atoms with E-state index in [9.17, 15) is 20.5 Å². The van der Waals surface area contributed by atoms with Crippen LogP contribution in [0.5, 0.6) is 0 Å². The third-order valence-corrected chi connectivity index (χ3v) is 4.52. The molecule has 0 unspecified atom stereocenters. The van der Waals surface area contributed by atoms with E-state index in [0.29, 0.717) is 29.0 Å². The standard InChI is InChI=1S/C18H18N3O4/c1-3-16-17(13-8-5-4-6-9-13)20(23)18(2,19(16)22)14-10-7-11-15(12-14)21(24)25/h4-12,23H,3H2,1-2H3/q+1/t18-/m1/s1. The summed E-state index contributed by atoms with van der Waals surface area (Å²) in [4.78, 5) is 10.5. The molecule has 7 heteroatoms. The number of non-ortho nitro benzene ring substituents is 1. The summed E-state index contributed by atoms with van der Waals surface area (Å²) in [6.07, 6.45) is 0.412. The second-order valence-electron chi connectivity index (χ2n) is 5.95. The van der Waals surface area contributed by atoms with Crippen LogP contribution >= 0.6 is 0 Å². The Labute approximate surface area is 144 Å². The van der Waals surface area contributed by atoms with Gasteiger partial charge >= 0.3 is 11.4 Å². The largest absolute Gasteiger partial charge is 0.618 e. The van der Waals surface area contributed by atoms with Gasteiger partial charge in [-0.3, -0.25) is 15.3 Å². The van der Waals surface area contributed by atoms with Gasteiger partial charge in [-0.25, -0.2) is 0 Å². The maximum absolute atomic E-state index is 13.0. The van der Waals surface area contributed by atoms with Gasteiger partial charge < -0.3 is 5.21 Å². The number of nitro benzene ring substituents is 1. The van der Waals surface area contributed by atoms with Crippen LogP contribution < -0.4 is 0 Å². The van der Waals surface area contributed by atoms with Crippen LogP contribution in [0.25, 0.3) is 0 Å². The van der Waals surface area contributed by atoms with Crippen molar-refractivity contribution in [2.24, 2.45) is 0 Å². The van der Waals surface area contributed by atoms with Gasteiger partial charge in [0.15, 0.2) is 0 Å². The topological polar surface area (TPSA) is 92.5 Å². The molecule has 1 N–H and O–H groups in total. The van der Waals surface area contributed by atoms with Crippen molar-refractivity contribution in [2.45, 2.75) is 25.9 Å². The monoisotopic (exact) mass is 340 g/mol. The molecule has 1 atom stereocenters. The maximum Gasteiger partial charge on any atom is 0.431 e. The average molecular weight is 340 g/mol. The summed E-state index contributed by atoms with van der Waals surface area (Å²) in [5, 5.41) is 35.0. The number of rotatable bonds is 4. The highest BCUT2D eigenvalue weighted by Crippen LogP contribution is 2.33. The van der Waals surface area contributed by atoms with Gasteiger partial charge in [0.05, 0.1) is 22.1 Å². The third kappa shape index (κ3) is 2.44. The fourth-order valence-electron chi connectivity index (χ4n) is 3.13. The Morgan fingerprint density at radius 3 is 2.44 bits per heavy atom. The van der Waals surface area contributed by atoms with Crippen LogP contribution in [0.2, 0.25) is 0 Å². The highest BCUT2D eigenvalue weighted by molar-refractivity contribution is 6.44. The Morgan fingerprint density at radius 1 is 1.16 bits per heavy atom. The average Bonchev–Trinajstić information content (AvgIpc) is 2.84. The molecular formula is C18H18N3O4+. The predicted octanol–water partition coefficient (Wildman–Crippen LogP) is 3.03. The molecule has 0 aliphatic carbocycles. The first-order valence-electron chi connectivity index (χ1n) is 7.91. The van der Waals surface area contributed by atoms with Gasteiger partial charge in [-0.1, -0.05) is 31.2 Å². The van der Waals surface area contributed by atoms with Crippen LogP contribution in [0.4, 0.5) is 5.69 Å². The first-order chi connectivity index (χ1) is 11.9. The minimum atomic E-state index is -1.48. The number of nitrogens with zero attached hydrogens (tertiary/aromatic N) is 3. The lowest BCUT2D eigenvalue weighted by atomic mass is 10.0. The van der Waals surface area contributed by atoms with E-state index >= 15 is 0 Å². The molecule has 0 spiro atoms. The number of nitro groups is 1. The minimum absolute atomic E-state index is 0.133. The predicted molar refractivity (Wildman–Crippen MR) is 92.0 cm³/mol. The van der Waals surface area contributed by atoms with E-state index in [2.05, 4.69) is 0 Å². The lowest BCUT2D eigenvalue weighted by molar-refractivity contribution is -0.930. The third-order valence-electron chi connectivity index (χ3n) is 4.52. The van der Waals surface area contributed by atoms with Gasteiger partial charge in [0.25, 0.3) is 11.4 Å². The molecule has 0 bridgehead atoms. The lowest BCUT2D eigenvalue weighted by Crippen LogP contribution is -2.40. The molecule has 0 fully saturated rings. The normalized spacial score (nSPS) is 20.2. The van der Waals surface area contributed by atoms with Crippen molar-refractivity contribution in [2.75, 3.05) is 0 Å². The van der Waals surface area contributed by atoms with Gasteiger partial charge in [0.1, 0.15) is 5.56 Å². The second kappa shape index (κ2) is 6.01.